The minimum atomic E-state index is -0.730. The van der Waals surface area contributed by atoms with Crippen LogP contribution < -0.4 is 10.6 Å². The lowest BCUT2D eigenvalue weighted by atomic mass is 9.70. The normalized spacial score (nSPS) is 21.6. The van der Waals surface area contributed by atoms with Crippen molar-refractivity contribution in [3.8, 4) is 0 Å². The molecule has 2 amide bonds. The Morgan fingerprint density at radius 2 is 1.92 bits per heavy atom. The molecule has 0 aromatic heterocycles. The molecule has 26 heavy (non-hydrogen) atoms. The van der Waals surface area contributed by atoms with E-state index < -0.39 is 5.54 Å². The van der Waals surface area contributed by atoms with Crippen molar-refractivity contribution in [3.63, 3.8) is 0 Å². The van der Waals surface area contributed by atoms with Gasteiger partial charge in [-0.3, -0.25) is 0 Å². The molecule has 2 aromatic carbocycles. The first kappa shape index (κ1) is 16.6. The smallest absolute Gasteiger partial charge is 0.318 e. The number of halogens is 1. The Bertz CT molecular complexity index is 862. The molecule has 0 radical (unpaired) electrons. The molecule has 2 aliphatic heterocycles. The maximum Gasteiger partial charge on any atom is 0.318 e. The van der Waals surface area contributed by atoms with Crippen molar-refractivity contribution >= 4 is 6.03 Å². The van der Waals surface area contributed by atoms with E-state index in [0.717, 1.165) is 36.1 Å². The summed E-state index contributed by atoms with van der Waals surface area (Å²) < 4.78 is 13.7. The number of rotatable bonds is 2. The molecule has 1 unspecified atom stereocenters. The fourth-order valence-corrected chi connectivity index (χ4v) is 4.32. The average molecular weight is 351 g/mol. The van der Waals surface area contributed by atoms with Crippen molar-refractivity contribution in [2.24, 2.45) is 0 Å². The van der Waals surface area contributed by atoms with Crippen molar-refractivity contribution in [3.05, 3.63) is 82.8 Å². The first-order valence-corrected chi connectivity index (χ1v) is 8.94. The lowest BCUT2D eigenvalue weighted by molar-refractivity contribution is 0.148. The van der Waals surface area contributed by atoms with Gasteiger partial charge in [0.2, 0.25) is 0 Å². The largest absolute Gasteiger partial charge is 0.391 e. The van der Waals surface area contributed by atoms with Gasteiger partial charge in [0.1, 0.15) is 11.4 Å². The highest BCUT2D eigenvalue weighted by molar-refractivity contribution is 5.78. The molecule has 0 spiro atoms. The van der Waals surface area contributed by atoms with Crippen LogP contribution >= 0.6 is 0 Å². The van der Waals surface area contributed by atoms with Gasteiger partial charge in [0.05, 0.1) is 0 Å². The lowest BCUT2D eigenvalue weighted by Gasteiger charge is -2.49. The molecule has 4 nitrogen and oxygen atoms in total. The van der Waals surface area contributed by atoms with E-state index in [1.165, 1.54) is 17.7 Å². The molecular formula is C21H22FN3O. The molecule has 4 rings (SSSR count). The van der Waals surface area contributed by atoms with Crippen LogP contribution in [-0.4, -0.2) is 31.1 Å². The van der Waals surface area contributed by atoms with Gasteiger partial charge in [0.25, 0.3) is 0 Å². The molecule has 0 saturated heterocycles. The third-order valence-electron chi connectivity index (χ3n) is 5.42. The molecule has 2 N–H and O–H groups in total. The van der Waals surface area contributed by atoms with Crippen LogP contribution in [0.4, 0.5) is 9.18 Å². The van der Waals surface area contributed by atoms with Gasteiger partial charge in [0, 0.05) is 20.1 Å². The number of fused-ring (bicyclic) bond motifs is 1. The number of carbonyl (C=O) groups is 1. The number of nitrogens with zero attached hydrogens (tertiary/aromatic N) is 1. The van der Waals surface area contributed by atoms with Crippen LogP contribution in [0.3, 0.4) is 0 Å². The highest BCUT2D eigenvalue weighted by Gasteiger charge is 2.49. The fourth-order valence-electron chi connectivity index (χ4n) is 4.32. The van der Waals surface area contributed by atoms with Crippen molar-refractivity contribution in [1.29, 1.82) is 0 Å². The number of benzene rings is 2. The van der Waals surface area contributed by atoms with E-state index in [-0.39, 0.29) is 11.8 Å². The molecule has 0 fully saturated rings. The Kier molecular flexibility index (Phi) is 4.15. The van der Waals surface area contributed by atoms with Crippen LogP contribution in [0.25, 0.3) is 0 Å². The Labute approximate surface area is 152 Å². The summed E-state index contributed by atoms with van der Waals surface area (Å²) in [7, 11) is 1.65. The van der Waals surface area contributed by atoms with Crippen molar-refractivity contribution in [2.75, 3.05) is 20.1 Å². The zero-order chi connectivity index (χ0) is 18.1. The SMILES string of the molecule is CNC(=O)N1CCc2ccccc2C1(C1=CNCC1)c1ccc(F)cc1. The minimum absolute atomic E-state index is 0.128. The topological polar surface area (TPSA) is 44.4 Å². The maximum absolute atomic E-state index is 13.7. The Balaban J connectivity index is 2.04. The summed E-state index contributed by atoms with van der Waals surface area (Å²) in [5.74, 6) is -0.280. The second-order valence-electron chi connectivity index (χ2n) is 6.70. The maximum atomic E-state index is 13.7. The molecule has 2 aromatic rings. The van der Waals surface area contributed by atoms with E-state index in [1.54, 1.807) is 19.2 Å². The van der Waals surface area contributed by atoms with Crippen LogP contribution in [0.2, 0.25) is 0 Å². The number of urea groups is 1. The van der Waals surface area contributed by atoms with Crippen molar-refractivity contribution < 1.29 is 9.18 Å². The van der Waals surface area contributed by atoms with Crippen LogP contribution in [0, 0.1) is 5.82 Å². The first-order chi connectivity index (χ1) is 12.7. The standard InChI is InChI=1S/C21H22FN3O/c1-23-20(26)25-13-11-15-4-2-3-5-19(15)21(25,17-10-12-24-14-17)16-6-8-18(22)9-7-16/h2-9,14,24H,10-13H2,1H3,(H,23,26). The van der Waals surface area contributed by atoms with E-state index in [4.69, 9.17) is 0 Å². The van der Waals surface area contributed by atoms with Crippen LogP contribution in [0.5, 0.6) is 0 Å². The highest BCUT2D eigenvalue weighted by Crippen LogP contribution is 2.48. The monoisotopic (exact) mass is 351 g/mol. The van der Waals surface area contributed by atoms with Gasteiger partial charge in [-0.15, -0.1) is 0 Å². The molecule has 2 aliphatic rings. The summed E-state index contributed by atoms with van der Waals surface area (Å²) in [5.41, 5.74) is 3.62. The predicted octanol–water partition coefficient (Wildman–Crippen LogP) is 3.14. The third kappa shape index (κ3) is 2.38. The number of hydrogen-bond donors (Lipinski definition) is 2. The second kappa shape index (κ2) is 6.48. The summed E-state index contributed by atoms with van der Waals surface area (Å²) in [4.78, 5) is 14.8. The van der Waals surface area contributed by atoms with Gasteiger partial charge >= 0.3 is 6.03 Å². The lowest BCUT2D eigenvalue weighted by Crippen LogP contribution is -2.57. The van der Waals surface area contributed by atoms with Crippen molar-refractivity contribution in [2.45, 2.75) is 18.4 Å². The summed E-state index contributed by atoms with van der Waals surface area (Å²) in [5, 5.41) is 6.08. The van der Waals surface area contributed by atoms with Crippen LogP contribution in [0.15, 0.2) is 60.3 Å². The average Bonchev–Trinajstić information content (AvgIpc) is 3.22. The second-order valence-corrected chi connectivity index (χ2v) is 6.70. The van der Waals surface area contributed by atoms with E-state index in [1.807, 2.05) is 23.2 Å². The Hall–Kier alpha value is -2.82. The minimum Gasteiger partial charge on any atom is -0.391 e. The third-order valence-corrected chi connectivity index (χ3v) is 5.42. The van der Waals surface area contributed by atoms with Crippen LogP contribution in [-0.2, 0) is 12.0 Å². The highest BCUT2D eigenvalue weighted by atomic mass is 19.1. The summed E-state index contributed by atoms with van der Waals surface area (Å²) >= 11 is 0. The molecule has 0 aliphatic carbocycles. The zero-order valence-electron chi connectivity index (χ0n) is 14.8. The molecule has 2 heterocycles. The van der Waals surface area contributed by atoms with E-state index in [0.29, 0.717) is 6.54 Å². The Morgan fingerprint density at radius 1 is 1.15 bits per heavy atom. The quantitative estimate of drug-likeness (QED) is 0.873. The van der Waals surface area contributed by atoms with E-state index >= 15 is 0 Å². The molecule has 134 valence electrons. The molecule has 0 bridgehead atoms. The number of nitrogens with one attached hydrogen (secondary N) is 2. The summed E-state index contributed by atoms with van der Waals surface area (Å²) in [6.07, 6.45) is 3.65. The molecular weight excluding hydrogens is 329 g/mol. The van der Waals surface area contributed by atoms with Crippen LogP contribution in [0.1, 0.15) is 23.1 Å². The van der Waals surface area contributed by atoms with Gasteiger partial charge in [-0.25, -0.2) is 9.18 Å². The first-order valence-electron chi connectivity index (χ1n) is 8.94. The predicted molar refractivity (Wildman–Crippen MR) is 99.2 cm³/mol. The van der Waals surface area contributed by atoms with Gasteiger partial charge in [0.15, 0.2) is 0 Å². The van der Waals surface area contributed by atoms with Gasteiger partial charge in [-0.1, -0.05) is 36.4 Å². The van der Waals surface area contributed by atoms with E-state index in [2.05, 4.69) is 22.8 Å². The summed E-state index contributed by atoms with van der Waals surface area (Å²) in [6, 6.07) is 14.7. The van der Waals surface area contributed by atoms with Gasteiger partial charge in [-0.2, -0.15) is 0 Å². The zero-order valence-corrected chi connectivity index (χ0v) is 14.8. The van der Waals surface area contributed by atoms with Gasteiger partial charge < -0.3 is 15.5 Å². The number of hydrogen-bond acceptors (Lipinski definition) is 2. The van der Waals surface area contributed by atoms with Crippen molar-refractivity contribution in [1.82, 2.24) is 15.5 Å². The number of carbonyl (C=O) groups excluding carboxylic acids is 1. The molecule has 1 atom stereocenters. The fraction of sp³-hybridized carbons (Fsp3) is 0.286. The van der Waals surface area contributed by atoms with E-state index in [9.17, 15) is 9.18 Å². The number of amides is 2. The molecule has 5 heteroatoms. The van der Waals surface area contributed by atoms with Gasteiger partial charge in [-0.05, 0) is 53.4 Å². The Morgan fingerprint density at radius 3 is 2.62 bits per heavy atom. The molecule has 0 saturated carbocycles. The summed E-state index contributed by atoms with van der Waals surface area (Å²) in [6.45, 7) is 1.44.